The molecule has 0 aromatic heterocycles. The fourth-order valence-electron chi connectivity index (χ4n) is 1.12. The highest BCUT2D eigenvalue weighted by atomic mass is 16.1. The van der Waals surface area contributed by atoms with Gasteiger partial charge in [-0.05, 0) is 11.6 Å². The maximum atomic E-state index is 11.3. The molecule has 3 nitrogen and oxygen atoms in total. The number of hydrogen-bond acceptors (Lipinski definition) is 2. The van der Waals surface area contributed by atoms with Gasteiger partial charge in [0.05, 0.1) is 12.5 Å². The largest absolute Gasteiger partial charge is 0.355 e. The Morgan fingerprint density at radius 3 is 2.85 bits per heavy atom. The summed E-state index contributed by atoms with van der Waals surface area (Å²) in [6.45, 7) is 0. The molecule has 0 aliphatic carbocycles. The summed E-state index contributed by atoms with van der Waals surface area (Å²) < 4.78 is 0. The van der Waals surface area contributed by atoms with Crippen molar-refractivity contribution in [2.24, 2.45) is 0 Å². The van der Waals surface area contributed by atoms with Crippen LogP contribution >= 0.6 is 0 Å². The molecule has 1 aromatic carbocycles. The van der Waals surface area contributed by atoms with Crippen molar-refractivity contribution < 1.29 is 4.79 Å². The van der Waals surface area contributed by atoms with E-state index in [0.29, 0.717) is 5.56 Å². The second-order valence-corrected chi connectivity index (χ2v) is 2.57. The zero-order valence-corrected chi connectivity index (χ0v) is 7.37. The molecular formula is C10H10N2O. The predicted molar refractivity (Wildman–Crippen MR) is 49.1 cm³/mol. The summed E-state index contributed by atoms with van der Waals surface area (Å²) >= 11 is 0. The quantitative estimate of drug-likeness (QED) is 0.730. The Morgan fingerprint density at radius 2 is 2.23 bits per heavy atom. The number of nitrogens with zero attached hydrogens (tertiary/aromatic N) is 1. The third-order valence-corrected chi connectivity index (χ3v) is 1.76. The highest BCUT2D eigenvalue weighted by molar-refractivity contribution is 5.95. The molecule has 0 heterocycles. The highest BCUT2D eigenvalue weighted by Crippen LogP contribution is 2.08. The van der Waals surface area contributed by atoms with Crippen molar-refractivity contribution in [1.82, 2.24) is 5.32 Å². The van der Waals surface area contributed by atoms with Crippen molar-refractivity contribution in [3.8, 4) is 6.07 Å². The molecule has 0 atom stereocenters. The first kappa shape index (κ1) is 9.27. The van der Waals surface area contributed by atoms with Crippen molar-refractivity contribution in [3.63, 3.8) is 0 Å². The maximum Gasteiger partial charge on any atom is 0.251 e. The topological polar surface area (TPSA) is 52.9 Å². The normalized spacial score (nSPS) is 8.92. The molecule has 1 amide bonds. The molecule has 0 spiro atoms. The average Bonchev–Trinajstić information content (AvgIpc) is 2.18. The molecule has 1 aromatic rings. The number of benzene rings is 1. The van der Waals surface area contributed by atoms with E-state index >= 15 is 0 Å². The summed E-state index contributed by atoms with van der Waals surface area (Å²) in [4.78, 5) is 11.3. The van der Waals surface area contributed by atoms with E-state index in [2.05, 4.69) is 5.32 Å². The van der Waals surface area contributed by atoms with Gasteiger partial charge in [-0.15, -0.1) is 0 Å². The molecule has 0 unspecified atom stereocenters. The SMILES string of the molecule is CNC(=O)c1ccccc1CC#N. The molecule has 66 valence electrons. The van der Waals surface area contributed by atoms with Crippen LogP contribution in [-0.2, 0) is 6.42 Å². The molecular weight excluding hydrogens is 164 g/mol. The fourth-order valence-corrected chi connectivity index (χ4v) is 1.12. The summed E-state index contributed by atoms with van der Waals surface area (Å²) in [5.74, 6) is -0.147. The van der Waals surface area contributed by atoms with Crippen LogP contribution < -0.4 is 5.32 Å². The second kappa shape index (κ2) is 4.27. The lowest BCUT2D eigenvalue weighted by Crippen LogP contribution is -2.19. The summed E-state index contributed by atoms with van der Waals surface area (Å²) in [6.07, 6.45) is 0.267. The molecule has 3 heteroatoms. The van der Waals surface area contributed by atoms with Gasteiger partial charge in [-0.3, -0.25) is 4.79 Å². The molecule has 0 aliphatic heterocycles. The minimum absolute atomic E-state index is 0.147. The van der Waals surface area contributed by atoms with E-state index in [-0.39, 0.29) is 12.3 Å². The monoisotopic (exact) mass is 174 g/mol. The lowest BCUT2D eigenvalue weighted by molar-refractivity contribution is 0.0962. The Morgan fingerprint density at radius 1 is 1.54 bits per heavy atom. The highest BCUT2D eigenvalue weighted by Gasteiger charge is 2.07. The Hall–Kier alpha value is -1.82. The third-order valence-electron chi connectivity index (χ3n) is 1.76. The summed E-state index contributed by atoms with van der Waals surface area (Å²) in [6, 6.07) is 9.12. The van der Waals surface area contributed by atoms with Crippen LogP contribution in [0.3, 0.4) is 0 Å². The number of hydrogen-bond donors (Lipinski definition) is 1. The van der Waals surface area contributed by atoms with Gasteiger partial charge in [0.1, 0.15) is 0 Å². The van der Waals surface area contributed by atoms with Gasteiger partial charge >= 0.3 is 0 Å². The molecule has 0 aliphatic rings. The lowest BCUT2D eigenvalue weighted by Gasteiger charge is -2.03. The van der Waals surface area contributed by atoms with Crippen LogP contribution in [0.1, 0.15) is 15.9 Å². The Bertz CT molecular complexity index is 352. The molecule has 1 N–H and O–H groups in total. The maximum absolute atomic E-state index is 11.3. The molecule has 13 heavy (non-hydrogen) atoms. The van der Waals surface area contributed by atoms with Gasteiger partial charge in [0.25, 0.3) is 5.91 Å². The first-order valence-electron chi connectivity index (χ1n) is 3.96. The van der Waals surface area contributed by atoms with Crippen LogP contribution in [0.2, 0.25) is 0 Å². The van der Waals surface area contributed by atoms with Crippen LogP contribution in [0.25, 0.3) is 0 Å². The number of carbonyl (C=O) groups is 1. The van der Waals surface area contributed by atoms with Crippen molar-refractivity contribution >= 4 is 5.91 Å². The lowest BCUT2D eigenvalue weighted by atomic mass is 10.0. The predicted octanol–water partition coefficient (Wildman–Crippen LogP) is 1.11. The first-order chi connectivity index (χ1) is 6.29. The van der Waals surface area contributed by atoms with E-state index in [1.165, 1.54) is 0 Å². The zero-order chi connectivity index (χ0) is 9.68. The van der Waals surface area contributed by atoms with E-state index in [1.807, 2.05) is 12.1 Å². The zero-order valence-electron chi connectivity index (χ0n) is 7.37. The van der Waals surface area contributed by atoms with E-state index < -0.39 is 0 Å². The van der Waals surface area contributed by atoms with Gasteiger partial charge in [0, 0.05) is 12.6 Å². The molecule has 0 radical (unpaired) electrons. The van der Waals surface area contributed by atoms with Crippen LogP contribution in [0.4, 0.5) is 0 Å². The minimum Gasteiger partial charge on any atom is -0.355 e. The minimum atomic E-state index is -0.147. The average molecular weight is 174 g/mol. The fraction of sp³-hybridized carbons (Fsp3) is 0.200. The van der Waals surface area contributed by atoms with E-state index in [9.17, 15) is 4.79 Å². The van der Waals surface area contributed by atoms with Gasteiger partial charge in [0.15, 0.2) is 0 Å². The van der Waals surface area contributed by atoms with Crippen molar-refractivity contribution in [3.05, 3.63) is 35.4 Å². The van der Waals surface area contributed by atoms with Crippen molar-refractivity contribution in [2.45, 2.75) is 6.42 Å². The summed E-state index contributed by atoms with van der Waals surface area (Å²) in [5, 5.41) is 11.0. The van der Waals surface area contributed by atoms with Crippen LogP contribution in [0.5, 0.6) is 0 Å². The second-order valence-electron chi connectivity index (χ2n) is 2.57. The van der Waals surface area contributed by atoms with Gasteiger partial charge in [-0.2, -0.15) is 5.26 Å². The summed E-state index contributed by atoms with van der Waals surface area (Å²) in [7, 11) is 1.57. The van der Waals surface area contributed by atoms with E-state index in [4.69, 9.17) is 5.26 Å². The Kier molecular flexibility index (Phi) is 3.04. The first-order valence-corrected chi connectivity index (χ1v) is 3.96. The number of nitrogens with one attached hydrogen (secondary N) is 1. The van der Waals surface area contributed by atoms with Crippen molar-refractivity contribution in [1.29, 1.82) is 5.26 Å². The van der Waals surface area contributed by atoms with E-state index in [1.54, 1.807) is 25.2 Å². The third kappa shape index (κ3) is 2.06. The number of amides is 1. The smallest absolute Gasteiger partial charge is 0.251 e. The Balaban J connectivity index is 3.05. The van der Waals surface area contributed by atoms with Gasteiger partial charge < -0.3 is 5.32 Å². The number of rotatable bonds is 2. The standard InChI is InChI=1S/C10H10N2O/c1-12-10(13)9-5-3-2-4-8(9)6-7-11/h2-5H,6H2,1H3,(H,12,13). The Labute approximate surface area is 77.0 Å². The molecule has 0 saturated carbocycles. The van der Waals surface area contributed by atoms with Crippen LogP contribution in [0.15, 0.2) is 24.3 Å². The number of carbonyl (C=O) groups excluding carboxylic acids is 1. The number of nitriles is 1. The van der Waals surface area contributed by atoms with Crippen LogP contribution in [-0.4, -0.2) is 13.0 Å². The van der Waals surface area contributed by atoms with Gasteiger partial charge in [0.2, 0.25) is 0 Å². The van der Waals surface area contributed by atoms with Crippen LogP contribution in [0, 0.1) is 11.3 Å². The molecule has 0 saturated heterocycles. The molecule has 0 bridgehead atoms. The van der Waals surface area contributed by atoms with Gasteiger partial charge in [-0.1, -0.05) is 18.2 Å². The van der Waals surface area contributed by atoms with E-state index in [0.717, 1.165) is 5.56 Å². The molecule has 0 fully saturated rings. The summed E-state index contributed by atoms with van der Waals surface area (Å²) in [5.41, 5.74) is 1.34. The molecule has 1 rings (SSSR count). The van der Waals surface area contributed by atoms with Gasteiger partial charge in [-0.25, -0.2) is 0 Å². The van der Waals surface area contributed by atoms with Crippen molar-refractivity contribution in [2.75, 3.05) is 7.05 Å².